The number of carbonyl (C=O) groups excluding carboxylic acids is 1. The van der Waals surface area contributed by atoms with Crippen LogP contribution in [0.25, 0.3) is 0 Å². The average Bonchev–Trinajstić information content (AvgIpc) is 2.44. The number of nitrogens with two attached hydrogens (primary N) is 1. The van der Waals surface area contributed by atoms with Gasteiger partial charge in [-0.2, -0.15) is 0 Å². The van der Waals surface area contributed by atoms with E-state index in [9.17, 15) is 4.79 Å². The van der Waals surface area contributed by atoms with Crippen molar-refractivity contribution in [2.24, 2.45) is 0 Å². The molecule has 0 aliphatic heterocycles. The Morgan fingerprint density at radius 3 is 2.62 bits per heavy atom. The molecule has 0 atom stereocenters. The molecule has 3 N–H and O–H groups in total. The molecular weight excluding hydrogens is 331 g/mol. The lowest BCUT2D eigenvalue weighted by molar-refractivity contribution is 0.0954. The number of hydrogen-bond donors (Lipinski definition) is 2. The zero-order chi connectivity index (χ0) is 15.4. The SMILES string of the molecule is Nc1cccc(C(=O)NCCc2ccc(Cl)cc2Cl)c1Cl. The van der Waals surface area contributed by atoms with E-state index in [1.54, 1.807) is 30.3 Å². The van der Waals surface area contributed by atoms with Crippen molar-refractivity contribution >= 4 is 46.4 Å². The lowest BCUT2D eigenvalue weighted by Crippen LogP contribution is -2.26. The van der Waals surface area contributed by atoms with E-state index in [-0.39, 0.29) is 10.9 Å². The van der Waals surface area contributed by atoms with Crippen molar-refractivity contribution in [2.75, 3.05) is 12.3 Å². The standard InChI is InChI=1S/C15H13Cl3N2O/c16-10-5-4-9(12(17)8-10)6-7-20-15(21)11-2-1-3-13(19)14(11)18/h1-5,8H,6-7,19H2,(H,20,21). The normalized spacial score (nSPS) is 10.4. The largest absolute Gasteiger partial charge is 0.398 e. The number of benzene rings is 2. The monoisotopic (exact) mass is 342 g/mol. The van der Waals surface area contributed by atoms with Crippen molar-refractivity contribution in [1.29, 1.82) is 0 Å². The van der Waals surface area contributed by atoms with Crippen LogP contribution in [0, 0.1) is 0 Å². The number of rotatable bonds is 4. The Kier molecular flexibility index (Phi) is 5.34. The van der Waals surface area contributed by atoms with E-state index in [1.165, 1.54) is 0 Å². The lowest BCUT2D eigenvalue weighted by Gasteiger charge is -2.09. The number of nitrogens with one attached hydrogen (secondary N) is 1. The molecule has 0 saturated carbocycles. The quantitative estimate of drug-likeness (QED) is 0.817. The molecule has 0 bridgehead atoms. The highest BCUT2D eigenvalue weighted by molar-refractivity contribution is 6.36. The second kappa shape index (κ2) is 7.03. The molecule has 110 valence electrons. The van der Waals surface area contributed by atoms with E-state index < -0.39 is 0 Å². The molecule has 0 aliphatic carbocycles. The fourth-order valence-electron chi connectivity index (χ4n) is 1.86. The maximum Gasteiger partial charge on any atom is 0.252 e. The van der Waals surface area contributed by atoms with Gasteiger partial charge in [-0.05, 0) is 36.2 Å². The number of nitrogen functional groups attached to an aromatic ring is 1. The lowest BCUT2D eigenvalue weighted by atomic mass is 10.1. The van der Waals surface area contributed by atoms with Gasteiger partial charge < -0.3 is 11.1 Å². The van der Waals surface area contributed by atoms with Gasteiger partial charge in [-0.1, -0.05) is 46.9 Å². The zero-order valence-electron chi connectivity index (χ0n) is 11.0. The number of hydrogen-bond acceptors (Lipinski definition) is 2. The molecule has 0 fully saturated rings. The van der Waals surface area contributed by atoms with E-state index in [1.807, 2.05) is 6.07 Å². The molecule has 3 nitrogen and oxygen atoms in total. The second-order valence-corrected chi connectivity index (χ2v) is 5.67. The minimum Gasteiger partial charge on any atom is -0.398 e. The van der Waals surface area contributed by atoms with E-state index in [4.69, 9.17) is 40.5 Å². The van der Waals surface area contributed by atoms with Crippen LogP contribution < -0.4 is 11.1 Å². The molecule has 0 aliphatic rings. The van der Waals surface area contributed by atoms with E-state index >= 15 is 0 Å². The predicted molar refractivity (Wildman–Crippen MR) is 88.4 cm³/mol. The van der Waals surface area contributed by atoms with Crippen molar-refractivity contribution in [3.05, 3.63) is 62.6 Å². The third-order valence-electron chi connectivity index (χ3n) is 2.97. The van der Waals surface area contributed by atoms with Crippen molar-refractivity contribution < 1.29 is 4.79 Å². The summed E-state index contributed by atoms with van der Waals surface area (Å²) in [5.74, 6) is -0.266. The third-order valence-corrected chi connectivity index (χ3v) is 3.98. The average molecular weight is 344 g/mol. The zero-order valence-corrected chi connectivity index (χ0v) is 13.3. The fourth-order valence-corrected chi connectivity index (χ4v) is 2.57. The first kappa shape index (κ1) is 16.0. The van der Waals surface area contributed by atoms with Gasteiger partial charge in [0.15, 0.2) is 0 Å². The molecule has 2 aromatic carbocycles. The summed E-state index contributed by atoms with van der Waals surface area (Å²) >= 11 is 17.9. The van der Waals surface area contributed by atoms with Crippen LogP contribution in [0.4, 0.5) is 5.69 Å². The maximum absolute atomic E-state index is 12.0. The summed E-state index contributed by atoms with van der Waals surface area (Å²) in [4.78, 5) is 12.0. The number of halogens is 3. The third kappa shape index (κ3) is 4.03. The summed E-state index contributed by atoms with van der Waals surface area (Å²) in [6, 6.07) is 10.2. The van der Waals surface area contributed by atoms with Gasteiger partial charge in [0.25, 0.3) is 5.91 Å². The van der Waals surface area contributed by atoms with E-state index in [0.717, 1.165) is 5.56 Å². The molecule has 0 spiro atoms. The molecule has 1 amide bonds. The van der Waals surface area contributed by atoms with Crippen LogP contribution in [0.3, 0.4) is 0 Å². The Balaban J connectivity index is 1.97. The minimum atomic E-state index is -0.266. The van der Waals surface area contributed by atoms with Crippen LogP contribution in [-0.4, -0.2) is 12.5 Å². The first-order valence-electron chi connectivity index (χ1n) is 6.25. The molecule has 0 aromatic heterocycles. The van der Waals surface area contributed by atoms with Gasteiger partial charge in [0, 0.05) is 16.6 Å². The summed E-state index contributed by atoms with van der Waals surface area (Å²) in [6.07, 6.45) is 0.599. The Hall–Kier alpha value is -1.42. The number of amides is 1. The molecule has 21 heavy (non-hydrogen) atoms. The fraction of sp³-hybridized carbons (Fsp3) is 0.133. The Morgan fingerprint density at radius 2 is 1.90 bits per heavy atom. The van der Waals surface area contributed by atoms with Crippen LogP contribution >= 0.6 is 34.8 Å². The summed E-state index contributed by atoms with van der Waals surface area (Å²) in [5.41, 5.74) is 7.33. The van der Waals surface area contributed by atoms with Gasteiger partial charge in [0.2, 0.25) is 0 Å². The second-order valence-electron chi connectivity index (χ2n) is 4.45. The van der Waals surface area contributed by atoms with E-state index in [2.05, 4.69) is 5.32 Å². The summed E-state index contributed by atoms with van der Waals surface area (Å²) in [7, 11) is 0. The molecule has 2 aromatic rings. The summed E-state index contributed by atoms with van der Waals surface area (Å²) < 4.78 is 0. The highest BCUT2D eigenvalue weighted by Gasteiger charge is 2.11. The molecule has 6 heteroatoms. The smallest absolute Gasteiger partial charge is 0.252 e. The van der Waals surface area contributed by atoms with Crippen LogP contribution in [0.2, 0.25) is 15.1 Å². The van der Waals surface area contributed by atoms with Gasteiger partial charge in [0.1, 0.15) is 0 Å². The van der Waals surface area contributed by atoms with Crippen molar-refractivity contribution in [3.8, 4) is 0 Å². The van der Waals surface area contributed by atoms with Crippen molar-refractivity contribution in [1.82, 2.24) is 5.32 Å². The molecule has 0 heterocycles. The minimum absolute atomic E-state index is 0.263. The molecule has 0 radical (unpaired) electrons. The van der Waals surface area contributed by atoms with Gasteiger partial charge in [-0.25, -0.2) is 0 Å². The van der Waals surface area contributed by atoms with Crippen LogP contribution in [0.1, 0.15) is 15.9 Å². The van der Waals surface area contributed by atoms with Crippen LogP contribution in [-0.2, 0) is 6.42 Å². The van der Waals surface area contributed by atoms with Crippen molar-refractivity contribution in [2.45, 2.75) is 6.42 Å². The highest BCUT2D eigenvalue weighted by Crippen LogP contribution is 2.23. The Bertz CT molecular complexity index is 674. The molecule has 0 unspecified atom stereocenters. The van der Waals surface area contributed by atoms with Crippen molar-refractivity contribution in [3.63, 3.8) is 0 Å². The first-order chi connectivity index (χ1) is 9.99. The van der Waals surface area contributed by atoms with Gasteiger partial charge in [-0.15, -0.1) is 0 Å². The van der Waals surface area contributed by atoms with E-state index in [0.29, 0.717) is 34.3 Å². The first-order valence-corrected chi connectivity index (χ1v) is 7.38. The highest BCUT2D eigenvalue weighted by atomic mass is 35.5. The Morgan fingerprint density at radius 1 is 1.14 bits per heavy atom. The number of carbonyl (C=O) groups is 1. The van der Waals surface area contributed by atoms with Gasteiger partial charge in [-0.3, -0.25) is 4.79 Å². The Labute approximate surface area is 138 Å². The predicted octanol–water partition coefficient (Wildman–Crippen LogP) is 4.20. The number of anilines is 1. The maximum atomic E-state index is 12.0. The van der Waals surface area contributed by atoms with Gasteiger partial charge in [0.05, 0.1) is 16.3 Å². The molecular formula is C15H13Cl3N2O. The summed E-state index contributed by atoms with van der Waals surface area (Å²) in [5, 5.41) is 4.22. The topological polar surface area (TPSA) is 55.1 Å². The van der Waals surface area contributed by atoms with Gasteiger partial charge >= 0.3 is 0 Å². The summed E-state index contributed by atoms with van der Waals surface area (Å²) in [6.45, 7) is 0.436. The molecule has 0 saturated heterocycles. The van der Waals surface area contributed by atoms with Crippen LogP contribution in [0.15, 0.2) is 36.4 Å². The van der Waals surface area contributed by atoms with Crippen LogP contribution in [0.5, 0.6) is 0 Å². The molecule has 2 rings (SSSR count).